The van der Waals surface area contributed by atoms with Gasteiger partial charge in [-0.2, -0.15) is 0 Å². The molecule has 0 radical (unpaired) electrons. The van der Waals surface area contributed by atoms with E-state index in [-0.39, 0.29) is 0 Å². The quantitative estimate of drug-likeness (QED) is 0.798. The first-order valence-corrected chi connectivity index (χ1v) is 5.78. The van der Waals surface area contributed by atoms with E-state index in [0.29, 0.717) is 5.92 Å². The number of ether oxygens (including phenoxy) is 1. The van der Waals surface area contributed by atoms with Crippen molar-refractivity contribution in [2.24, 2.45) is 0 Å². The molecule has 2 aromatic rings. The summed E-state index contributed by atoms with van der Waals surface area (Å²) < 4.78 is 5.71. The summed E-state index contributed by atoms with van der Waals surface area (Å²) in [5.74, 6) is 2.19. The Bertz CT molecular complexity index is 471. The van der Waals surface area contributed by atoms with Crippen LogP contribution in [-0.4, -0.2) is 0 Å². The predicted octanol–water partition coefficient (Wildman–Crippen LogP) is 4.18. The van der Waals surface area contributed by atoms with Crippen molar-refractivity contribution in [1.29, 1.82) is 0 Å². The van der Waals surface area contributed by atoms with E-state index < -0.39 is 0 Å². The Hall–Kier alpha value is -1.96. The number of hydrogen-bond acceptors (Lipinski definition) is 2. The van der Waals surface area contributed by atoms with Crippen LogP contribution in [0.5, 0.6) is 11.5 Å². The van der Waals surface area contributed by atoms with Gasteiger partial charge in [-0.3, -0.25) is 0 Å². The van der Waals surface area contributed by atoms with E-state index >= 15 is 0 Å². The highest BCUT2D eigenvalue weighted by molar-refractivity contribution is 5.43. The molecule has 0 spiro atoms. The molecule has 0 saturated heterocycles. The molecular weight excluding hydrogens is 210 g/mol. The van der Waals surface area contributed by atoms with Crippen LogP contribution in [0, 0.1) is 0 Å². The first-order chi connectivity index (χ1) is 8.15. The van der Waals surface area contributed by atoms with Crippen LogP contribution in [0.3, 0.4) is 0 Å². The summed E-state index contributed by atoms with van der Waals surface area (Å²) in [6, 6.07) is 15.6. The van der Waals surface area contributed by atoms with Crippen molar-refractivity contribution in [3.63, 3.8) is 0 Å². The van der Waals surface area contributed by atoms with E-state index in [9.17, 15) is 0 Å². The van der Waals surface area contributed by atoms with Gasteiger partial charge in [-0.25, -0.2) is 0 Å². The fourth-order valence-corrected chi connectivity index (χ4v) is 1.59. The van der Waals surface area contributed by atoms with Crippen molar-refractivity contribution in [3.8, 4) is 11.5 Å². The molecule has 0 atom stereocenters. The van der Waals surface area contributed by atoms with Gasteiger partial charge in [0.1, 0.15) is 11.5 Å². The van der Waals surface area contributed by atoms with Gasteiger partial charge in [-0.1, -0.05) is 26.0 Å². The van der Waals surface area contributed by atoms with Gasteiger partial charge in [0.25, 0.3) is 0 Å². The van der Waals surface area contributed by atoms with Crippen LogP contribution in [0.4, 0.5) is 5.69 Å². The van der Waals surface area contributed by atoms with Crippen LogP contribution in [0.15, 0.2) is 48.5 Å². The van der Waals surface area contributed by atoms with Crippen molar-refractivity contribution in [2.45, 2.75) is 19.8 Å². The summed E-state index contributed by atoms with van der Waals surface area (Å²) in [7, 11) is 0. The average Bonchev–Trinajstić information content (AvgIpc) is 2.33. The van der Waals surface area contributed by atoms with E-state index in [4.69, 9.17) is 10.5 Å². The van der Waals surface area contributed by atoms with Gasteiger partial charge in [0.2, 0.25) is 0 Å². The maximum atomic E-state index is 5.71. The van der Waals surface area contributed by atoms with Gasteiger partial charge >= 0.3 is 0 Å². The number of anilines is 1. The molecule has 0 unspecified atom stereocenters. The van der Waals surface area contributed by atoms with Gasteiger partial charge in [0.05, 0.1) is 0 Å². The van der Waals surface area contributed by atoms with Crippen molar-refractivity contribution < 1.29 is 4.74 Å². The highest BCUT2D eigenvalue weighted by Crippen LogP contribution is 2.24. The number of hydrogen-bond donors (Lipinski definition) is 1. The summed E-state index contributed by atoms with van der Waals surface area (Å²) in [5.41, 5.74) is 7.68. The Kier molecular flexibility index (Phi) is 3.33. The topological polar surface area (TPSA) is 35.2 Å². The summed E-state index contributed by atoms with van der Waals surface area (Å²) in [5, 5.41) is 0. The fourth-order valence-electron chi connectivity index (χ4n) is 1.59. The molecule has 2 N–H and O–H groups in total. The normalized spacial score (nSPS) is 10.5. The number of benzene rings is 2. The van der Waals surface area contributed by atoms with Crippen LogP contribution in [-0.2, 0) is 0 Å². The molecule has 0 fully saturated rings. The Labute approximate surface area is 102 Å². The first-order valence-electron chi connectivity index (χ1n) is 5.78. The molecule has 0 aromatic heterocycles. The van der Waals surface area contributed by atoms with E-state index in [1.54, 1.807) is 0 Å². The minimum Gasteiger partial charge on any atom is -0.457 e. The highest BCUT2D eigenvalue weighted by atomic mass is 16.5. The molecule has 0 aliphatic rings. The first kappa shape index (κ1) is 11.5. The van der Waals surface area contributed by atoms with E-state index in [1.807, 2.05) is 36.4 Å². The monoisotopic (exact) mass is 227 g/mol. The average molecular weight is 227 g/mol. The molecular formula is C15H17NO. The second-order valence-corrected chi connectivity index (χ2v) is 4.39. The third-order valence-electron chi connectivity index (χ3n) is 2.66. The Morgan fingerprint density at radius 3 is 1.76 bits per heavy atom. The smallest absolute Gasteiger partial charge is 0.127 e. The lowest BCUT2D eigenvalue weighted by atomic mass is 10.0. The Morgan fingerprint density at radius 1 is 0.824 bits per heavy atom. The molecule has 88 valence electrons. The largest absolute Gasteiger partial charge is 0.457 e. The Morgan fingerprint density at radius 2 is 1.29 bits per heavy atom. The van der Waals surface area contributed by atoms with Gasteiger partial charge in [-0.15, -0.1) is 0 Å². The molecule has 0 bridgehead atoms. The zero-order valence-corrected chi connectivity index (χ0v) is 10.2. The third kappa shape index (κ3) is 3.00. The zero-order valence-electron chi connectivity index (χ0n) is 10.2. The SMILES string of the molecule is CC(C)c1ccc(Oc2ccc(N)cc2)cc1. The van der Waals surface area contributed by atoms with Crippen LogP contribution < -0.4 is 10.5 Å². The fraction of sp³-hybridized carbons (Fsp3) is 0.200. The van der Waals surface area contributed by atoms with Crippen LogP contribution in [0.2, 0.25) is 0 Å². The maximum absolute atomic E-state index is 5.71. The molecule has 2 nitrogen and oxygen atoms in total. The van der Waals surface area contributed by atoms with Crippen LogP contribution >= 0.6 is 0 Å². The molecule has 2 heteroatoms. The molecule has 0 saturated carbocycles. The summed E-state index contributed by atoms with van der Waals surface area (Å²) in [6.07, 6.45) is 0. The van der Waals surface area contributed by atoms with Crippen molar-refractivity contribution in [1.82, 2.24) is 0 Å². The second-order valence-electron chi connectivity index (χ2n) is 4.39. The minimum absolute atomic E-state index is 0.542. The van der Waals surface area contributed by atoms with E-state index in [2.05, 4.69) is 26.0 Å². The van der Waals surface area contributed by atoms with Gasteiger partial charge in [0, 0.05) is 5.69 Å². The van der Waals surface area contributed by atoms with Crippen molar-refractivity contribution in [2.75, 3.05) is 5.73 Å². The summed E-state index contributed by atoms with van der Waals surface area (Å²) in [6.45, 7) is 4.35. The highest BCUT2D eigenvalue weighted by Gasteiger charge is 2.00. The van der Waals surface area contributed by atoms with E-state index in [0.717, 1.165) is 17.2 Å². The molecule has 0 aliphatic carbocycles. The minimum atomic E-state index is 0.542. The lowest BCUT2D eigenvalue weighted by Crippen LogP contribution is -1.89. The lowest BCUT2D eigenvalue weighted by molar-refractivity contribution is 0.482. The zero-order chi connectivity index (χ0) is 12.3. The van der Waals surface area contributed by atoms with Gasteiger partial charge in [-0.05, 0) is 47.9 Å². The van der Waals surface area contributed by atoms with Gasteiger partial charge in [0.15, 0.2) is 0 Å². The maximum Gasteiger partial charge on any atom is 0.127 e. The van der Waals surface area contributed by atoms with Crippen molar-refractivity contribution in [3.05, 3.63) is 54.1 Å². The Balaban J connectivity index is 2.11. The third-order valence-corrected chi connectivity index (χ3v) is 2.66. The predicted molar refractivity (Wildman–Crippen MR) is 71.5 cm³/mol. The summed E-state index contributed by atoms with van der Waals surface area (Å²) >= 11 is 0. The number of nitrogen functional groups attached to an aromatic ring is 1. The van der Waals surface area contributed by atoms with Crippen LogP contribution in [0.25, 0.3) is 0 Å². The lowest BCUT2D eigenvalue weighted by Gasteiger charge is -2.08. The van der Waals surface area contributed by atoms with E-state index in [1.165, 1.54) is 5.56 Å². The second kappa shape index (κ2) is 4.91. The van der Waals surface area contributed by atoms with Crippen molar-refractivity contribution >= 4 is 5.69 Å². The molecule has 2 rings (SSSR count). The molecule has 2 aromatic carbocycles. The van der Waals surface area contributed by atoms with Crippen LogP contribution in [0.1, 0.15) is 25.3 Å². The molecule has 0 amide bonds. The standard InChI is InChI=1S/C15H17NO/c1-11(2)12-3-7-14(8-4-12)17-15-9-5-13(16)6-10-15/h3-11H,16H2,1-2H3. The molecule has 0 aliphatic heterocycles. The van der Waals surface area contributed by atoms with Gasteiger partial charge < -0.3 is 10.5 Å². The summed E-state index contributed by atoms with van der Waals surface area (Å²) in [4.78, 5) is 0. The molecule has 17 heavy (non-hydrogen) atoms. The molecule has 0 heterocycles. The number of nitrogens with two attached hydrogens (primary N) is 1. The number of rotatable bonds is 3.